The number of esters is 3. The van der Waals surface area contributed by atoms with Crippen molar-refractivity contribution in [3.63, 3.8) is 0 Å². The molecule has 0 radical (unpaired) electrons. The van der Waals surface area contributed by atoms with E-state index in [0.29, 0.717) is 0 Å². The lowest BCUT2D eigenvalue weighted by Crippen LogP contribution is -2.39. The molecular formula is C17H17F2NO7. The van der Waals surface area contributed by atoms with Crippen molar-refractivity contribution in [3.8, 4) is 0 Å². The smallest absolute Gasteiger partial charge is 0.355 e. The molecule has 1 aromatic rings. The van der Waals surface area contributed by atoms with Crippen LogP contribution in [0.3, 0.4) is 0 Å². The van der Waals surface area contributed by atoms with Gasteiger partial charge in [-0.3, -0.25) is 0 Å². The van der Waals surface area contributed by atoms with E-state index in [9.17, 15) is 23.2 Å². The Labute approximate surface area is 153 Å². The van der Waals surface area contributed by atoms with Crippen molar-refractivity contribution in [1.82, 2.24) is 0 Å². The Morgan fingerprint density at radius 2 is 1.67 bits per heavy atom. The standard InChI is InChI=1S/C17H17F2NO7/c1-4-27-16(22)13-11(18)5-9(6-12(13)19)20-8-26-7-10(15(21)24-2)14(20)17(23)25-3/h5-6H,4,7-8H2,1-3H3. The number of carbonyl (C=O) groups excluding carboxylic acids is 3. The molecule has 0 spiro atoms. The van der Waals surface area contributed by atoms with Crippen molar-refractivity contribution in [2.45, 2.75) is 6.92 Å². The van der Waals surface area contributed by atoms with Crippen molar-refractivity contribution in [2.75, 3.05) is 39.1 Å². The van der Waals surface area contributed by atoms with Gasteiger partial charge in [0.1, 0.15) is 29.6 Å². The van der Waals surface area contributed by atoms with E-state index in [4.69, 9.17) is 4.74 Å². The molecule has 0 aromatic heterocycles. The van der Waals surface area contributed by atoms with E-state index in [1.165, 1.54) is 6.92 Å². The number of anilines is 1. The normalized spacial score (nSPS) is 14.0. The Morgan fingerprint density at radius 1 is 1.07 bits per heavy atom. The maximum atomic E-state index is 14.3. The zero-order chi connectivity index (χ0) is 20.1. The number of rotatable bonds is 5. The molecule has 10 heteroatoms. The Kier molecular flexibility index (Phi) is 6.45. The third-order valence-corrected chi connectivity index (χ3v) is 3.65. The summed E-state index contributed by atoms with van der Waals surface area (Å²) in [6, 6.07) is 1.64. The predicted molar refractivity (Wildman–Crippen MR) is 86.7 cm³/mol. The summed E-state index contributed by atoms with van der Waals surface area (Å²) >= 11 is 0. The van der Waals surface area contributed by atoms with Crippen LogP contribution in [-0.2, 0) is 28.5 Å². The van der Waals surface area contributed by atoms with Crippen molar-refractivity contribution in [1.29, 1.82) is 0 Å². The van der Waals surface area contributed by atoms with Gasteiger partial charge in [0.25, 0.3) is 0 Å². The first-order chi connectivity index (χ1) is 12.8. The number of ether oxygens (including phenoxy) is 4. The van der Waals surface area contributed by atoms with Gasteiger partial charge in [-0.05, 0) is 19.1 Å². The van der Waals surface area contributed by atoms with E-state index in [0.717, 1.165) is 31.3 Å². The Hall–Kier alpha value is -3.01. The zero-order valence-corrected chi connectivity index (χ0v) is 14.8. The van der Waals surface area contributed by atoms with E-state index < -0.39 is 35.1 Å². The molecule has 1 heterocycles. The lowest BCUT2D eigenvalue weighted by molar-refractivity contribution is -0.140. The molecule has 0 aliphatic carbocycles. The van der Waals surface area contributed by atoms with Crippen LogP contribution in [-0.4, -0.2) is 52.1 Å². The van der Waals surface area contributed by atoms with E-state index in [-0.39, 0.29) is 36.9 Å². The van der Waals surface area contributed by atoms with E-state index in [1.807, 2.05) is 0 Å². The van der Waals surface area contributed by atoms with E-state index in [1.54, 1.807) is 0 Å². The molecule has 0 N–H and O–H groups in total. The van der Waals surface area contributed by atoms with Crippen molar-refractivity contribution < 1.29 is 42.1 Å². The van der Waals surface area contributed by atoms with Crippen LogP contribution < -0.4 is 4.90 Å². The summed E-state index contributed by atoms with van der Waals surface area (Å²) in [5, 5.41) is 0. The molecule has 1 aliphatic heterocycles. The quantitative estimate of drug-likeness (QED) is 0.557. The van der Waals surface area contributed by atoms with Gasteiger partial charge in [0, 0.05) is 5.69 Å². The number of halogens is 2. The minimum absolute atomic E-state index is 0.0584. The third kappa shape index (κ3) is 4.05. The summed E-state index contributed by atoms with van der Waals surface area (Å²) in [5.41, 5.74) is -1.49. The van der Waals surface area contributed by atoms with Gasteiger partial charge < -0.3 is 23.8 Å². The molecule has 0 fully saturated rings. The Morgan fingerprint density at radius 3 is 2.19 bits per heavy atom. The van der Waals surface area contributed by atoms with Crippen LogP contribution in [0.25, 0.3) is 0 Å². The number of hydrogen-bond donors (Lipinski definition) is 0. The third-order valence-electron chi connectivity index (χ3n) is 3.65. The maximum absolute atomic E-state index is 14.3. The minimum atomic E-state index is -1.20. The van der Waals surface area contributed by atoms with Gasteiger partial charge in [0.05, 0.1) is 33.0 Å². The molecule has 0 unspecified atom stereocenters. The van der Waals surface area contributed by atoms with Crippen molar-refractivity contribution in [2.24, 2.45) is 0 Å². The second kappa shape index (κ2) is 8.58. The SMILES string of the molecule is CCOC(=O)c1c(F)cc(N2COCC(C(=O)OC)=C2C(=O)OC)cc1F. The molecule has 2 rings (SSSR count). The molecule has 8 nitrogen and oxygen atoms in total. The minimum Gasteiger partial charge on any atom is -0.466 e. The second-order valence-electron chi connectivity index (χ2n) is 5.22. The predicted octanol–water partition coefficient (Wildman–Crippen LogP) is 1.54. The molecule has 0 bridgehead atoms. The van der Waals surface area contributed by atoms with Gasteiger partial charge in [-0.25, -0.2) is 23.2 Å². The number of carbonyl (C=O) groups is 3. The van der Waals surface area contributed by atoms with E-state index in [2.05, 4.69) is 14.2 Å². The average Bonchev–Trinajstić information content (AvgIpc) is 2.65. The first-order valence-corrected chi connectivity index (χ1v) is 7.76. The highest BCUT2D eigenvalue weighted by Gasteiger charge is 2.33. The Bertz CT molecular complexity index is 783. The lowest BCUT2D eigenvalue weighted by Gasteiger charge is -2.31. The fourth-order valence-electron chi connectivity index (χ4n) is 2.46. The van der Waals surface area contributed by atoms with Crippen LogP contribution in [0.5, 0.6) is 0 Å². The van der Waals surface area contributed by atoms with Crippen LogP contribution in [0, 0.1) is 11.6 Å². The molecule has 0 atom stereocenters. The van der Waals surface area contributed by atoms with Crippen LogP contribution in [0.2, 0.25) is 0 Å². The van der Waals surface area contributed by atoms with Crippen LogP contribution in [0.15, 0.2) is 23.4 Å². The van der Waals surface area contributed by atoms with Gasteiger partial charge in [-0.1, -0.05) is 0 Å². The van der Waals surface area contributed by atoms with Crippen LogP contribution in [0.1, 0.15) is 17.3 Å². The summed E-state index contributed by atoms with van der Waals surface area (Å²) in [5.74, 6) is -5.33. The van der Waals surface area contributed by atoms with Crippen LogP contribution in [0.4, 0.5) is 14.5 Å². The molecule has 1 aromatic carbocycles. The average molecular weight is 385 g/mol. The molecule has 1 aliphatic rings. The molecule has 146 valence electrons. The highest BCUT2D eigenvalue weighted by atomic mass is 19.1. The number of nitrogens with zero attached hydrogens (tertiary/aromatic N) is 1. The van der Waals surface area contributed by atoms with E-state index >= 15 is 0 Å². The Balaban J connectivity index is 2.56. The highest BCUT2D eigenvalue weighted by Crippen LogP contribution is 2.29. The van der Waals surface area contributed by atoms with Gasteiger partial charge >= 0.3 is 17.9 Å². The molecule has 0 saturated carbocycles. The summed E-state index contributed by atoms with van der Waals surface area (Å²) < 4.78 is 47.8. The summed E-state index contributed by atoms with van der Waals surface area (Å²) in [6.07, 6.45) is 0. The first kappa shape index (κ1) is 20.3. The first-order valence-electron chi connectivity index (χ1n) is 7.76. The fraction of sp³-hybridized carbons (Fsp3) is 0.353. The summed E-state index contributed by atoms with van der Waals surface area (Å²) in [4.78, 5) is 36.8. The van der Waals surface area contributed by atoms with Gasteiger partial charge in [-0.15, -0.1) is 0 Å². The highest BCUT2D eigenvalue weighted by molar-refractivity contribution is 6.03. The molecular weight excluding hydrogens is 368 g/mol. The van der Waals surface area contributed by atoms with Gasteiger partial charge in [0.15, 0.2) is 0 Å². The van der Waals surface area contributed by atoms with Crippen molar-refractivity contribution >= 4 is 23.6 Å². The summed E-state index contributed by atoms with van der Waals surface area (Å²) in [7, 11) is 2.19. The molecule has 27 heavy (non-hydrogen) atoms. The lowest BCUT2D eigenvalue weighted by atomic mass is 10.1. The monoisotopic (exact) mass is 385 g/mol. The van der Waals surface area contributed by atoms with Gasteiger partial charge in [0.2, 0.25) is 0 Å². The number of methoxy groups -OCH3 is 2. The number of benzene rings is 1. The molecule has 0 amide bonds. The van der Waals surface area contributed by atoms with Crippen LogP contribution >= 0.6 is 0 Å². The topological polar surface area (TPSA) is 91.4 Å². The maximum Gasteiger partial charge on any atom is 0.355 e. The van der Waals surface area contributed by atoms with Crippen molar-refractivity contribution in [3.05, 3.63) is 40.6 Å². The fourth-order valence-corrected chi connectivity index (χ4v) is 2.46. The van der Waals surface area contributed by atoms with Gasteiger partial charge in [-0.2, -0.15) is 0 Å². The number of hydrogen-bond acceptors (Lipinski definition) is 8. The zero-order valence-electron chi connectivity index (χ0n) is 14.8. The second-order valence-corrected chi connectivity index (χ2v) is 5.22. The molecule has 0 saturated heterocycles. The largest absolute Gasteiger partial charge is 0.466 e. The summed E-state index contributed by atoms with van der Waals surface area (Å²) in [6.45, 7) is 0.897.